The van der Waals surface area contributed by atoms with Crippen LogP contribution in [0.5, 0.6) is 0 Å². The molecule has 2 atom stereocenters. The van der Waals surface area contributed by atoms with Crippen LogP contribution in [-0.4, -0.2) is 18.5 Å². The Hall–Kier alpha value is -1.12. The van der Waals surface area contributed by atoms with Gasteiger partial charge in [0.1, 0.15) is 0 Å². The molecule has 16 heavy (non-hydrogen) atoms. The third-order valence-corrected chi connectivity index (χ3v) is 2.89. The summed E-state index contributed by atoms with van der Waals surface area (Å²) in [6, 6.07) is 10.3. The molecule has 1 aliphatic rings. The minimum absolute atomic E-state index is 0.0196. The Morgan fingerprint density at radius 2 is 2.00 bits per heavy atom. The van der Waals surface area contributed by atoms with E-state index in [0.717, 1.165) is 0 Å². The SMILES string of the molecule is C=CC1OC(C)(C)OCC1c1ccccc1. The van der Waals surface area contributed by atoms with Gasteiger partial charge in [0.25, 0.3) is 0 Å². The minimum Gasteiger partial charge on any atom is -0.350 e. The molecule has 1 fully saturated rings. The molecule has 0 N–H and O–H groups in total. The van der Waals surface area contributed by atoms with E-state index in [2.05, 4.69) is 18.7 Å². The lowest BCUT2D eigenvalue weighted by Crippen LogP contribution is -2.43. The quantitative estimate of drug-likeness (QED) is 0.710. The number of rotatable bonds is 2. The summed E-state index contributed by atoms with van der Waals surface area (Å²) in [4.78, 5) is 0. The Labute approximate surface area is 96.9 Å². The molecule has 0 amide bonds. The zero-order valence-corrected chi connectivity index (χ0v) is 9.85. The predicted molar refractivity (Wildman–Crippen MR) is 64.3 cm³/mol. The third kappa shape index (κ3) is 2.34. The van der Waals surface area contributed by atoms with Gasteiger partial charge in [-0.1, -0.05) is 36.4 Å². The van der Waals surface area contributed by atoms with E-state index in [1.807, 2.05) is 38.1 Å². The van der Waals surface area contributed by atoms with Gasteiger partial charge in [-0.3, -0.25) is 0 Å². The van der Waals surface area contributed by atoms with Crippen molar-refractivity contribution in [2.45, 2.75) is 31.7 Å². The van der Waals surface area contributed by atoms with Gasteiger partial charge in [0.2, 0.25) is 0 Å². The molecule has 0 bridgehead atoms. The van der Waals surface area contributed by atoms with Crippen molar-refractivity contribution in [3.63, 3.8) is 0 Å². The average Bonchev–Trinajstić information content (AvgIpc) is 2.29. The van der Waals surface area contributed by atoms with Crippen molar-refractivity contribution in [3.05, 3.63) is 48.6 Å². The van der Waals surface area contributed by atoms with Gasteiger partial charge in [0, 0.05) is 5.92 Å². The molecule has 0 aromatic heterocycles. The van der Waals surface area contributed by atoms with Crippen LogP contribution in [0.1, 0.15) is 25.3 Å². The van der Waals surface area contributed by atoms with Crippen LogP contribution >= 0.6 is 0 Å². The second-order valence-corrected chi connectivity index (χ2v) is 4.55. The largest absolute Gasteiger partial charge is 0.350 e. The molecule has 1 saturated heterocycles. The molecule has 1 aliphatic heterocycles. The molecular formula is C14H18O2. The molecular weight excluding hydrogens is 200 g/mol. The maximum absolute atomic E-state index is 5.85. The van der Waals surface area contributed by atoms with E-state index >= 15 is 0 Å². The Morgan fingerprint density at radius 3 is 2.62 bits per heavy atom. The lowest BCUT2D eigenvalue weighted by atomic mass is 9.92. The maximum atomic E-state index is 5.85. The van der Waals surface area contributed by atoms with Crippen LogP contribution in [0, 0.1) is 0 Å². The van der Waals surface area contributed by atoms with Crippen LogP contribution in [0.4, 0.5) is 0 Å². The van der Waals surface area contributed by atoms with Crippen LogP contribution < -0.4 is 0 Å². The van der Waals surface area contributed by atoms with Gasteiger partial charge in [0.05, 0.1) is 12.7 Å². The van der Waals surface area contributed by atoms with Crippen molar-refractivity contribution in [2.24, 2.45) is 0 Å². The molecule has 0 radical (unpaired) electrons. The number of hydrogen-bond acceptors (Lipinski definition) is 2. The Bertz CT molecular complexity index is 356. The van der Waals surface area contributed by atoms with E-state index in [9.17, 15) is 0 Å². The fraction of sp³-hybridized carbons (Fsp3) is 0.429. The van der Waals surface area contributed by atoms with E-state index in [1.54, 1.807) is 0 Å². The van der Waals surface area contributed by atoms with Crippen molar-refractivity contribution in [1.82, 2.24) is 0 Å². The van der Waals surface area contributed by atoms with Crippen molar-refractivity contribution >= 4 is 0 Å². The molecule has 2 unspecified atom stereocenters. The first-order chi connectivity index (χ1) is 7.62. The second kappa shape index (κ2) is 4.40. The number of ether oxygens (including phenoxy) is 2. The Morgan fingerprint density at radius 1 is 1.31 bits per heavy atom. The molecule has 2 heteroatoms. The summed E-state index contributed by atoms with van der Waals surface area (Å²) in [5.74, 6) is -0.267. The molecule has 2 rings (SSSR count). The second-order valence-electron chi connectivity index (χ2n) is 4.55. The predicted octanol–water partition coefficient (Wildman–Crippen LogP) is 3.11. The van der Waals surface area contributed by atoms with E-state index in [1.165, 1.54) is 5.56 Å². The fourth-order valence-electron chi connectivity index (χ4n) is 2.03. The summed E-state index contributed by atoms with van der Waals surface area (Å²) in [6.07, 6.45) is 1.88. The normalized spacial score (nSPS) is 28.6. The summed E-state index contributed by atoms with van der Waals surface area (Å²) < 4.78 is 11.5. The molecule has 86 valence electrons. The number of benzene rings is 1. The van der Waals surface area contributed by atoms with Crippen LogP contribution in [-0.2, 0) is 9.47 Å². The van der Waals surface area contributed by atoms with Gasteiger partial charge in [-0.15, -0.1) is 6.58 Å². The molecule has 0 aliphatic carbocycles. The standard InChI is InChI=1S/C14H18O2/c1-4-13-12(10-15-14(2,3)16-13)11-8-6-5-7-9-11/h4-9,12-13H,1,10H2,2-3H3. The minimum atomic E-state index is -0.510. The highest BCUT2D eigenvalue weighted by molar-refractivity contribution is 5.23. The van der Waals surface area contributed by atoms with E-state index < -0.39 is 5.79 Å². The van der Waals surface area contributed by atoms with Crippen LogP contribution in [0.3, 0.4) is 0 Å². The first-order valence-electron chi connectivity index (χ1n) is 5.62. The Kier molecular flexibility index (Phi) is 3.13. The summed E-state index contributed by atoms with van der Waals surface area (Å²) in [7, 11) is 0. The lowest BCUT2D eigenvalue weighted by Gasteiger charge is -2.40. The van der Waals surface area contributed by atoms with Crippen molar-refractivity contribution in [1.29, 1.82) is 0 Å². The zero-order valence-electron chi connectivity index (χ0n) is 9.85. The first-order valence-corrected chi connectivity index (χ1v) is 5.62. The van der Waals surface area contributed by atoms with Gasteiger partial charge >= 0.3 is 0 Å². The highest BCUT2D eigenvalue weighted by Gasteiger charge is 2.35. The van der Waals surface area contributed by atoms with Crippen LogP contribution in [0.2, 0.25) is 0 Å². The van der Waals surface area contributed by atoms with Crippen molar-refractivity contribution in [2.75, 3.05) is 6.61 Å². The lowest BCUT2D eigenvalue weighted by molar-refractivity contribution is -0.270. The molecule has 1 aromatic carbocycles. The van der Waals surface area contributed by atoms with Crippen molar-refractivity contribution < 1.29 is 9.47 Å². The van der Waals surface area contributed by atoms with Gasteiger partial charge in [-0.25, -0.2) is 0 Å². The highest BCUT2D eigenvalue weighted by atomic mass is 16.7. The van der Waals surface area contributed by atoms with Gasteiger partial charge in [0.15, 0.2) is 5.79 Å². The van der Waals surface area contributed by atoms with Crippen LogP contribution in [0.25, 0.3) is 0 Å². The smallest absolute Gasteiger partial charge is 0.163 e. The van der Waals surface area contributed by atoms with Crippen LogP contribution in [0.15, 0.2) is 43.0 Å². The number of hydrogen-bond donors (Lipinski definition) is 0. The molecule has 0 saturated carbocycles. The zero-order chi connectivity index (χ0) is 11.6. The third-order valence-electron chi connectivity index (χ3n) is 2.89. The summed E-state index contributed by atoms with van der Waals surface area (Å²) in [5.41, 5.74) is 1.24. The van der Waals surface area contributed by atoms with Gasteiger partial charge in [-0.05, 0) is 19.4 Å². The summed E-state index contributed by atoms with van der Waals surface area (Å²) >= 11 is 0. The fourth-order valence-corrected chi connectivity index (χ4v) is 2.03. The monoisotopic (exact) mass is 218 g/mol. The van der Waals surface area contributed by atoms with E-state index in [4.69, 9.17) is 9.47 Å². The van der Waals surface area contributed by atoms with Gasteiger partial charge < -0.3 is 9.47 Å². The molecule has 1 aromatic rings. The topological polar surface area (TPSA) is 18.5 Å². The maximum Gasteiger partial charge on any atom is 0.163 e. The summed E-state index contributed by atoms with van der Waals surface area (Å²) in [5, 5.41) is 0. The average molecular weight is 218 g/mol. The van der Waals surface area contributed by atoms with E-state index in [0.29, 0.717) is 6.61 Å². The molecule has 0 spiro atoms. The first kappa shape index (κ1) is 11.4. The van der Waals surface area contributed by atoms with Gasteiger partial charge in [-0.2, -0.15) is 0 Å². The Balaban J connectivity index is 2.20. The molecule has 1 heterocycles. The van der Waals surface area contributed by atoms with Crippen molar-refractivity contribution in [3.8, 4) is 0 Å². The summed E-state index contributed by atoms with van der Waals surface area (Å²) in [6.45, 7) is 8.39. The highest BCUT2D eigenvalue weighted by Crippen LogP contribution is 2.33. The van der Waals surface area contributed by atoms with E-state index in [-0.39, 0.29) is 12.0 Å². The molecule has 2 nitrogen and oxygen atoms in total.